The molecule has 0 radical (unpaired) electrons. The number of ether oxygens (including phenoxy) is 1. The van der Waals surface area contributed by atoms with Gasteiger partial charge >= 0.3 is 11.3 Å². The number of benzene rings is 2. The van der Waals surface area contributed by atoms with E-state index in [1.54, 1.807) is 35.7 Å². The molecule has 1 aromatic heterocycles. The van der Waals surface area contributed by atoms with Crippen LogP contribution in [0.1, 0.15) is 32.0 Å². The van der Waals surface area contributed by atoms with Crippen LogP contribution in [0, 0.1) is 0 Å². The Balaban J connectivity index is 2.13. The summed E-state index contributed by atoms with van der Waals surface area (Å²) in [4.78, 5) is 31.1. The van der Waals surface area contributed by atoms with Gasteiger partial charge in [0, 0.05) is 16.5 Å². The van der Waals surface area contributed by atoms with E-state index in [0.29, 0.717) is 42.9 Å². The number of para-hydroxylation sites is 1. The van der Waals surface area contributed by atoms with Gasteiger partial charge < -0.3 is 4.74 Å². The number of hydrogen-bond donors (Lipinski definition) is 1. The number of carbonyl (C=O) groups is 1. The summed E-state index contributed by atoms with van der Waals surface area (Å²) in [6.07, 6.45) is -0.499. The third kappa shape index (κ3) is 3.82. The number of halogens is 2. The smallest absolute Gasteiger partial charge is 0.325 e. The monoisotopic (exact) mass is 535 g/mol. The lowest BCUT2D eigenvalue weighted by atomic mass is 10.0. The number of amides is 1. The van der Waals surface area contributed by atoms with E-state index >= 15 is 0 Å². The number of hydrogen-bond acceptors (Lipinski definition) is 5. The van der Waals surface area contributed by atoms with Gasteiger partial charge in [-0.1, -0.05) is 49.3 Å². The van der Waals surface area contributed by atoms with Gasteiger partial charge in [0.25, 0.3) is 6.17 Å². The highest BCUT2D eigenvalue weighted by Gasteiger charge is 2.47. The third-order valence-electron chi connectivity index (χ3n) is 5.13. The molecule has 0 saturated heterocycles. The molecule has 166 valence electrons. The zero-order chi connectivity index (χ0) is 23.0. The molecule has 2 heterocycles. The summed E-state index contributed by atoms with van der Waals surface area (Å²) >= 11 is 11.3. The molecule has 0 saturated carbocycles. The number of aromatic amines is 1. The van der Waals surface area contributed by atoms with Crippen molar-refractivity contribution in [1.29, 1.82) is 0 Å². The average molecular weight is 537 g/mol. The van der Waals surface area contributed by atoms with Crippen molar-refractivity contribution in [3.63, 3.8) is 0 Å². The van der Waals surface area contributed by atoms with Gasteiger partial charge in [0.1, 0.15) is 5.75 Å². The first-order valence-corrected chi connectivity index (χ1v) is 12.2. The number of methoxy groups -OCH3 is 1. The van der Waals surface area contributed by atoms with Crippen molar-refractivity contribution in [2.45, 2.75) is 31.6 Å². The van der Waals surface area contributed by atoms with Crippen LogP contribution in [0.3, 0.4) is 0 Å². The number of fused-ring (bicyclic) bond motifs is 3. The molecule has 1 aliphatic heterocycles. The van der Waals surface area contributed by atoms with Crippen LogP contribution >= 0.6 is 39.3 Å². The maximum Gasteiger partial charge on any atom is 0.325 e. The van der Waals surface area contributed by atoms with Crippen LogP contribution < -0.4 is 19.9 Å². The first-order valence-electron chi connectivity index (χ1n) is 10.0. The Bertz CT molecular complexity index is 1270. The van der Waals surface area contributed by atoms with Crippen LogP contribution in [0.15, 0.2) is 50.8 Å². The van der Waals surface area contributed by atoms with E-state index < -0.39 is 6.17 Å². The fourth-order valence-corrected chi connectivity index (χ4v) is 5.46. The molecular formula is C22H21BrClN4O3S+. The van der Waals surface area contributed by atoms with Crippen LogP contribution in [-0.4, -0.2) is 28.9 Å². The molecular weight excluding hydrogens is 516 g/mol. The predicted molar refractivity (Wildman–Crippen MR) is 129 cm³/mol. The highest BCUT2D eigenvalue weighted by molar-refractivity contribution is 9.10. The molecule has 0 bridgehead atoms. The van der Waals surface area contributed by atoms with Crippen molar-refractivity contribution in [3.05, 3.63) is 61.8 Å². The Labute approximate surface area is 202 Å². The normalized spacial score (nSPS) is 14.7. The number of H-pyrrole nitrogens is 1. The molecule has 7 nitrogen and oxygen atoms in total. The number of rotatable bonds is 5. The maximum atomic E-state index is 13.3. The van der Waals surface area contributed by atoms with Gasteiger partial charge in [0.15, 0.2) is 0 Å². The molecule has 4 rings (SSSR count). The highest BCUT2D eigenvalue weighted by atomic mass is 79.9. The minimum Gasteiger partial charge on any atom is -0.495 e. The number of nitrogens with zero attached hydrogens (tertiary/aromatic N) is 3. The fourth-order valence-electron chi connectivity index (χ4n) is 3.88. The van der Waals surface area contributed by atoms with Crippen molar-refractivity contribution in [1.82, 2.24) is 10.1 Å². The predicted octanol–water partition coefficient (Wildman–Crippen LogP) is 4.56. The van der Waals surface area contributed by atoms with Crippen molar-refractivity contribution in [3.8, 4) is 17.0 Å². The largest absolute Gasteiger partial charge is 0.495 e. The first kappa shape index (κ1) is 22.8. The van der Waals surface area contributed by atoms with E-state index in [9.17, 15) is 9.59 Å². The lowest BCUT2D eigenvalue weighted by molar-refractivity contribution is -0.763. The standard InChI is InChI=1S/C22H20BrClN4O3S/c1-4-17(29)27-16-9-7-6-8-13(16)18-20(30)25-22(32-5-2)26-28(18)21(27)14-10-12(24)11-15(23)19(14)31-3/h6-11,21H,4-5H2,1-3H3/p+1. The zero-order valence-electron chi connectivity index (χ0n) is 17.7. The molecule has 3 aromatic rings. The Kier molecular flexibility index (Phi) is 6.60. The zero-order valence-corrected chi connectivity index (χ0v) is 20.8. The van der Waals surface area contributed by atoms with Crippen molar-refractivity contribution in [2.75, 3.05) is 17.8 Å². The van der Waals surface area contributed by atoms with E-state index in [1.807, 2.05) is 31.2 Å². The van der Waals surface area contributed by atoms with Gasteiger partial charge in [-0.05, 0) is 50.6 Å². The average Bonchev–Trinajstić information content (AvgIpc) is 2.77. The fraction of sp³-hybridized carbons (Fsp3) is 0.273. The minimum absolute atomic E-state index is 0.120. The number of anilines is 1. The van der Waals surface area contributed by atoms with E-state index in [0.717, 1.165) is 5.75 Å². The van der Waals surface area contributed by atoms with Crippen LogP contribution in [0.5, 0.6) is 5.75 Å². The van der Waals surface area contributed by atoms with E-state index in [4.69, 9.17) is 21.4 Å². The summed E-state index contributed by atoms with van der Waals surface area (Å²) in [6.45, 7) is 3.78. The SMILES string of the molecule is CCSc1n[n+]2c(c(=O)[nH]1)-c1ccccc1N(C(=O)CC)C2c1cc(Cl)cc(Br)c1OC. The number of carbonyl (C=O) groups excluding carboxylic acids is 1. The molecule has 0 spiro atoms. The topological polar surface area (TPSA) is 79.2 Å². The molecule has 2 aromatic carbocycles. The van der Waals surface area contributed by atoms with Crippen molar-refractivity contribution >= 4 is 50.9 Å². The summed E-state index contributed by atoms with van der Waals surface area (Å²) < 4.78 is 7.93. The Hall–Kier alpha value is -2.36. The second-order valence-corrected chi connectivity index (χ2v) is 9.55. The van der Waals surface area contributed by atoms with Crippen LogP contribution in [-0.2, 0) is 4.79 Å². The lowest BCUT2D eigenvalue weighted by Crippen LogP contribution is -2.61. The van der Waals surface area contributed by atoms with Gasteiger partial charge in [-0.2, -0.15) is 0 Å². The maximum absolute atomic E-state index is 13.3. The van der Waals surface area contributed by atoms with Crippen molar-refractivity contribution < 1.29 is 14.2 Å². The molecule has 10 heteroatoms. The Morgan fingerprint density at radius 3 is 2.78 bits per heavy atom. The summed E-state index contributed by atoms with van der Waals surface area (Å²) in [6, 6.07) is 10.8. The summed E-state index contributed by atoms with van der Waals surface area (Å²) in [5.74, 6) is 1.12. The molecule has 1 aliphatic rings. The summed E-state index contributed by atoms with van der Waals surface area (Å²) in [7, 11) is 1.55. The second-order valence-electron chi connectivity index (χ2n) is 7.00. The molecule has 0 fully saturated rings. The lowest BCUT2D eigenvalue weighted by Gasteiger charge is -2.32. The molecule has 1 unspecified atom stereocenters. The number of thioether (sulfide) groups is 1. The highest BCUT2D eigenvalue weighted by Crippen LogP contribution is 2.43. The molecule has 1 atom stereocenters. The van der Waals surface area contributed by atoms with E-state index in [1.165, 1.54) is 11.8 Å². The molecule has 1 N–H and O–H groups in total. The van der Waals surface area contributed by atoms with Gasteiger partial charge in [-0.25, -0.2) is 4.90 Å². The van der Waals surface area contributed by atoms with Crippen LogP contribution in [0.2, 0.25) is 5.02 Å². The molecule has 0 aliphatic carbocycles. The van der Waals surface area contributed by atoms with Crippen LogP contribution in [0.4, 0.5) is 5.69 Å². The van der Waals surface area contributed by atoms with E-state index in [-0.39, 0.29) is 17.9 Å². The van der Waals surface area contributed by atoms with Gasteiger partial charge in [-0.15, -0.1) is 0 Å². The van der Waals surface area contributed by atoms with Crippen molar-refractivity contribution in [2.24, 2.45) is 0 Å². The van der Waals surface area contributed by atoms with Gasteiger partial charge in [0.05, 0.1) is 28.4 Å². The van der Waals surface area contributed by atoms with Crippen LogP contribution in [0.25, 0.3) is 11.3 Å². The Morgan fingerprint density at radius 1 is 1.34 bits per heavy atom. The number of nitrogens with one attached hydrogen (secondary N) is 1. The third-order valence-corrected chi connectivity index (χ3v) is 6.68. The minimum atomic E-state index is -0.768. The quantitative estimate of drug-likeness (QED) is 0.382. The first-order chi connectivity index (χ1) is 15.4. The molecule has 32 heavy (non-hydrogen) atoms. The Morgan fingerprint density at radius 2 is 2.09 bits per heavy atom. The second kappa shape index (κ2) is 9.25. The number of aromatic nitrogens is 3. The van der Waals surface area contributed by atoms with Gasteiger partial charge in [0.2, 0.25) is 11.1 Å². The van der Waals surface area contributed by atoms with Gasteiger partial charge in [-0.3, -0.25) is 14.6 Å². The molecule has 1 amide bonds. The van der Waals surface area contributed by atoms with E-state index in [2.05, 4.69) is 20.9 Å². The summed E-state index contributed by atoms with van der Waals surface area (Å²) in [5.41, 5.74) is 1.96. The summed E-state index contributed by atoms with van der Waals surface area (Å²) in [5, 5.41) is 5.67.